The second-order valence-corrected chi connectivity index (χ2v) is 5.92. The van der Waals surface area contributed by atoms with Crippen LogP contribution in [0.4, 0.5) is 0 Å². The molecule has 2 atom stereocenters. The Bertz CT molecular complexity index is 424. The van der Waals surface area contributed by atoms with Crippen molar-refractivity contribution >= 4 is 17.6 Å². The van der Waals surface area contributed by atoms with Gasteiger partial charge in [0.05, 0.1) is 11.5 Å². The van der Waals surface area contributed by atoms with Gasteiger partial charge in [-0.2, -0.15) is 11.8 Å². The minimum atomic E-state index is -0.772. The summed E-state index contributed by atoms with van der Waals surface area (Å²) in [5.41, 5.74) is 5.95. The molecule has 0 spiro atoms. The van der Waals surface area contributed by atoms with Crippen LogP contribution in [0.15, 0.2) is 35.5 Å². The molecule has 0 heterocycles. The number of nitrogens with zero attached hydrogens (tertiary/aromatic N) is 1. The van der Waals surface area contributed by atoms with Gasteiger partial charge in [-0.05, 0) is 18.7 Å². The molecular weight excluding hydrogens is 274 g/mol. The van der Waals surface area contributed by atoms with Crippen molar-refractivity contribution in [2.45, 2.75) is 18.4 Å². The van der Waals surface area contributed by atoms with Gasteiger partial charge in [0, 0.05) is 18.8 Å². The van der Waals surface area contributed by atoms with Gasteiger partial charge in [-0.1, -0.05) is 35.5 Å². The second-order valence-electron chi connectivity index (χ2n) is 5.05. The lowest BCUT2D eigenvalue weighted by atomic mass is 9.97. The lowest BCUT2D eigenvalue weighted by molar-refractivity contribution is 0.0850. The first-order valence-electron chi connectivity index (χ1n) is 6.44. The molecule has 0 fully saturated rings. The van der Waals surface area contributed by atoms with Crippen LogP contribution in [0.25, 0.3) is 0 Å². The largest absolute Gasteiger partial charge is 0.409 e. The molecule has 2 unspecified atom stereocenters. The highest BCUT2D eigenvalue weighted by Crippen LogP contribution is 2.15. The maximum absolute atomic E-state index is 10.1. The van der Waals surface area contributed by atoms with Crippen LogP contribution in [0.5, 0.6) is 0 Å². The van der Waals surface area contributed by atoms with Crippen molar-refractivity contribution in [3.05, 3.63) is 35.9 Å². The molecule has 5 N–H and O–H groups in total. The molecule has 0 aliphatic heterocycles. The van der Waals surface area contributed by atoms with Gasteiger partial charge in [-0.25, -0.2) is 0 Å². The van der Waals surface area contributed by atoms with E-state index < -0.39 is 5.60 Å². The number of nitrogens with one attached hydrogen (secondary N) is 1. The fourth-order valence-electron chi connectivity index (χ4n) is 2.00. The summed E-state index contributed by atoms with van der Waals surface area (Å²) in [5.74, 6) is 0.596. The molecule has 6 heteroatoms. The molecule has 0 aliphatic rings. The van der Waals surface area contributed by atoms with Gasteiger partial charge in [0.1, 0.15) is 5.84 Å². The van der Waals surface area contributed by atoms with E-state index >= 15 is 0 Å². The van der Waals surface area contributed by atoms with Crippen LogP contribution < -0.4 is 11.1 Å². The maximum atomic E-state index is 10.1. The number of nitrogens with two attached hydrogens (primary N) is 1. The second kappa shape index (κ2) is 8.14. The number of oxime groups is 1. The normalized spacial score (nSPS) is 16.6. The summed E-state index contributed by atoms with van der Waals surface area (Å²) in [5, 5.41) is 25.3. The molecule has 1 aromatic rings. The highest BCUT2D eigenvalue weighted by atomic mass is 32.2. The Balaban J connectivity index is 2.64. The number of rotatable bonds is 8. The van der Waals surface area contributed by atoms with Crippen LogP contribution in [0.2, 0.25) is 0 Å². The highest BCUT2D eigenvalue weighted by molar-refractivity contribution is 7.98. The van der Waals surface area contributed by atoms with Crippen LogP contribution in [-0.4, -0.2) is 46.8 Å². The third-order valence-electron chi connectivity index (χ3n) is 2.98. The van der Waals surface area contributed by atoms with E-state index in [0.717, 1.165) is 5.56 Å². The summed E-state index contributed by atoms with van der Waals surface area (Å²) in [6.07, 6.45) is 1.96. The summed E-state index contributed by atoms with van der Waals surface area (Å²) in [6.45, 7) is 2.75. The number of hydrogen-bond donors (Lipinski definition) is 4. The fraction of sp³-hybridized carbons (Fsp3) is 0.500. The molecule has 0 radical (unpaired) electrons. The molecule has 20 heavy (non-hydrogen) atoms. The predicted molar refractivity (Wildman–Crippen MR) is 84.5 cm³/mol. The molecule has 1 aromatic carbocycles. The average molecular weight is 297 g/mol. The lowest BCUT2D eigenvalue weighted by Crippen LogP contribution is -2.42. The number of aliphatic hydroxyl groups is 1. The molecule has 1 rings (SSSR count). The van der Waals surface area contributed by atoms with Crippen molar-refractivity contribution in [3.8, 4) is 0 Å². The van der Waals surface area contributed by atoms with Crippen molar-refractivity contribution in [3.63, 3.8) is 0 Å². The van der Waals surface area contributed by atoms with Crippen molar-refractivity contribution < 1.29 is 10.3 Å². The van der Waals surface area contributed by atoms with Crippen LogP contribution in [0.3, 0.4) is 0 Å². The first kappa shape index (κ1) is 16.8. The van der Waals surface area contributed by atoms with Gasteiger partial charge < -0.3 is 21.4 Å². The smallest absolute Gasteiger partial charge is 0.147 e. The Morgan fingerprint density at radius 3 is 2.65 bits per heavy atom. The summed E-state index contributed by atoms with van der Waals surface area (Å²) in [7, 11) is 0. The Labute approximate surface area is 124 Å². The van der Waals surface area contributed by atoms with Crippen LogP contribution in [-0.2, 0) is 0 Å². The van der Waals surface area contributed by atoms with E-state index in [-0.39, 0.29) is 11.8 Å². The first-order chi connectivity index (χ1) is 9.50. The molecule has 0 saturated carbocycles. The van der Waals surface area contributed by atoms with Gasteiger partial charge in [-0.3, -0.25) is 0 Å². The molecule has 5 nitrogen and oxygen atoms in total. The minimum absolute atomic E-state index is 0.160. The molecular formula is C14H23N3O2S. The van der Waals surface area contributed by atoms with Gasteiger partial charge in [0.2, 0.25) is 0 Å². The third-order valence-corrected chi connectivity index (χ3v) is 3.89. The summed E-state index contributed by atoms with van der Waals surface area (Å²) >= 11 is 1.60. The molecule has 0 aromatic heterocycles. The van der Waals surface area contributed by atoms with Crippen LogP contribution in [0.1, 0.15) is 18.4 Å². The van der Waals surface area contributed by atoms with E-state index in [1.54, 1.807) is 18.7 Å². The van der Waals surface area contributed by atoms with E-state index in [1.807, 2.05) is 36.6 Å². The summed E-state index contributed by atoms with van der Waals surface area (Å²) in [4.78, 5) is 0. The molecule has 0 aliphatic carbocycles. The number of hydrogen-bond acceptors (Lipinski definition) is 5. The maximum Gasteiger partial charge on any atom is 0.147 e. The quantitative estimate of drug-likeness (QED) is 0.251. The lowest BCUT2D eigenvalue weighted by Gasteiger charge is -2.24. The topological polar surface area (TPSA) is 90.9 Å². The van der Waals surface area contributed by atoms with E-state index in [2.05, 4.69) is 10.5 Å². The number of benzene rings is 1. The summed E-state index contributed by atoms with van der Waals surface area (Å²) in [6, 6.07) is 9.62. The first-order valence-corrected chi connectivity index (χ1v) is 7.84. The zero-order valence-electron chi connectivity index (χ0n) is 11.9. The summed E-state index contributed by atoms with van der Waals surface area (Å²) < 4.78 is 0. The van der Waals surface area contributed by atoms with Gasteiger partial charge >= 0.3 is 0 Å². The van der Waals surface area contributed by atoms with Crippen molar-refractivity contribution in [1.29, 1.82) is 0 Å². The Kier molecular flexibility index (Phi) is 6.84. The minimum Gasteiger partial charge on any atom is -0.409 e. The molecule has 0 saturated heterocycles. The van der Waals surface area contributed by atoms with Crippen LogP contribution in [0, 0.1) is 0 Å². The number of thioether (sulfide) groups is 1. The van der Waals surface area contributed by atoms with Gasteiger partial charge in [0.25, 0.3) is 0 Å². The van der Waals surface area contributed by atoms with E-state index in [1.165, 1.54) is 0 Å². The Morgan fingerprint density at radius 2 is 2.10 bits per heavy atom. The van der Waals surface area contributed by atoms with Crippen molar-refractivity contribution in [2.75, 3.05) is 25.1 Å². The zero-order chi connectivity index (χ0) is 15.0. The van der Waals surface area contributed by atoms with E-state index in [0.29, 0.717) is 18.8 Å². The van der Waals surface area contributed by atoms with Crippen molar-refractivity contribution in [1.82, 2.24) is 5.32 Å². The van der Waals surface area contributed by atoms with Gasteiger partial charge in [0.15, 0.2) is 0 Å². The number of amidine groups is 1. The van der Waals surface area contributed by atoms with Gasteiger partial charge in [-0.15, -0.1) is 0 Å². The molecule has 112 valence electrons. The monoisotopic (exact) mass is 297 g/mol. The Morgan fingerprint density at radius 1 is 1.45 bits per heavy atom. The Hall–Kier alpha value is -1.24. The SMILES string of the molecule is CSCC(C)(O)CNCC(/C(N)=N/O)c1ccccc1. The average Bonchev–Trinajstić information content (AvgIpc) is 2.43. The third kappa shape index (κ3) is 5.40. The van der Waals surface area contributed by atoms with Crippen molar-refractivity contribution in [2.24, 2.45) is 10.9 Å². The highest BCUT2D eigenvalue weighted by Gasteiger charge is 2.21. The van der Waals surface area contributed by atoms with E-state index in [9.17, 15) is 5.11 Å². The van der Waals surface area contributed by atoms with Crippen LogP contribution >= 0.6 is 11.8 Å². The molecule has 0 amide bonds. The zero-order valence-corrected chi connectivity index (χ0v) is 12.7. The predicted octanol–water partition coefficient (Wildman–Crippen LogP) is 1.22. The fourth-order valence-corrected chi connectivity index (χ4v) is 2.72. The van der Waals surface area contributed by atoms with E-state index in [4.69, 9.17) is 10.9 Å². The standard InChI is InChI=1S/C14H23N3O2S/c1-14(18,10-20-2)9-16-8-12(13(15)17-19)11-6-4-3-5-7-11/h3-7,12,16,18-19H,8-10H2,1-2H3,(H2,15,17). The molecule has 0 bridgehead atoms.